The number of nitro groups is 1. The Balaban J connectivity index is 1.39. The first-order valence-electron chi connectivity index (χ1n) is 13.7. The minimum Gasteiger partial charge on any atom is -0.493 e. The standard InChI is InChI=1S/C31H36N2O9/c1-19-26(29(34)38-5)28(22-7-6-8-23(17-22)33(36)37)27(20(2)32-19)30(35)40-15-13-21-9-11-24(12-10-21)39-16-14-25-18-41-31(3,4)42-25/h6-12,17,25,28,32H,13-16,18H2,1-5H3. The molecule has 224 valence electrons. The lowest BCUT2D eigenvalue weighted by molar-refractivity contribution is -0.384. The molecule has 2 aliphatic heterocycles. The summed E-state index contributed by atoms with van der Waals surface area (Å²) in [6.07, 6.45) is 1.18. The third-order valence-electron chi connectivity index (χ3n) is 7.12. The normalized spacial score (nSPS) is 19.7. The fourth-order valence-corrected chi connectivity index (χ4v) is 5.10. The van der Waals surface area contributed by atoms with Crippen molar-refractivity contribution in [2.45, 2.75) is 58.3 Å². The lowest BCUT2D eigenvalue weighted by Crippen LogP contribution is -2.32. The summed E-state index contributed by atoms with van der Waals surface area (Å²) < 4.78 is 27.8. The quantitative estimate of drug-likeness (QED) is 0.226. The maximum Gasteiger partial charge on any atom is 0.336 e. The van der Waals surface area contributed by atoms with E-state index in [4.69, 9.17) is 23.7 Å². The van der Waals surface area contributed by atoms with Crippen LogP contribution in [0.15, 0.2) is 71.1 Å². The van der Waals surface area contributed by atoms with Crippen LogP contribution in [-0.2, 0) is 35.0 Å². The number of nitrogens with one attached hydrogen (secondary N) is 1. The number of carbonyl (C=O) groups is 2. The van der Waals surface area contributed by atoms with Crippen LogP contribution in [0, 0.1) is 10.1 Å². The monoisotopic (exact) mass is 580 g/mol. The van der Waals surface area contributed by atoms with Crippen LogP contribution < -0.4 is 10.1 Å². The van der Waals surface area contributed by atoms with Gasteiger partial charge in [-0.25, -0.2) is 9.59 Å². The number of rotatable bonds is 11. The van der Waals surface area contributed by atoms with Crippen LogP contribution in [-0.4, -0.2) is 55.7 Å². The molecule has 0 radical (unpaired) electrons. The number of methoxy groups -OCH3 is 1. The molecule has 2 atom stereocenters. The van der Waals surface area contributed by atoms with E-state index in [-0.39, 0.29) is 29.5 Å². The topological polar surface area (TPSA) is 135 Å². The Labute approximate surface area is 244 Å². The van der Waals surface area contributed by atoms with Crippen molar-refractivity contribution in [1.29, 1.82) is 0 Å². The Hall–Kier alpha value is -4.22. The Morgan fingerprint density at radius 1 is 1.05 bits per heavy atom. The first-order chi connectivity index (χ1) is 20.0. The van der Waals surface area contributed by atoms with E-state index in [1.807, 2.05) is 38.1 Å². The Morgan fingerprint density at radius 3 is 2.36 bits per heavy atom. The second kappa shape index (κ2) is 13.2. The fraction of sp³-hybridized carbons (Fsp3) is 0.419. The zero-order valence-corrected chi connectivity index (χ0v) is 24.4. The van der Waals surface area contributed by atoms with Crippen LogP contribution in [0.5, 0.6) is 5.75 Å². The number of hydrogen-bond acceptors (Lipinski definition) is 10. The van der Waals surface area contributed by atoms with Crippen LogP contribution in [0.3, 0.4) is 0 Å². The molecule has 1 saturated heterocycles. The summed E-state index contributed by atoms with van der Waals surface area (Å²) in [6.45, 7) is 8.30. The summed E-state index contributed by atoms with van der Waals surface area (Å²) in [5, 5.41) is 14.5. The van der Waals surface area contributed by atoms with Crippen molar-refractivity contribution in [3.63, 3.8) is 0 Å². The van der Waals surface area contributed by atoms with Crippen molar-refractivity contribution in [2.75, 3.05) is 26.9 Å². The van der Waals surface area contributed by atoms with Gasteiger partial charge in [0.25, 0.3) is 5.69 Å². The van der Waals surface area contributed by atoms with Crippen molar-refractivity contribution in [2.24, 2.45) is 0 Å². The predicted molar refractivity (Wildman–Crippen MR) is 153 cm³/mol. The number of hydrogen-bond donors (Lipinski definition) is 1. The summed E-state index contributed by atoms with van der Waals surface area (Å²) >= 11 is 0. The van der Waals surface area contributed by atoms with Crippen LogP contribution in [0.4, 0.5) is 5.69 Å². The minimum absolute atomic E-state index is 0.00628. The van der Waals surface area contributed by atoms with Crippen LogP contribution >= 0.6 is 0 Å². The van der Waals surface area contributed by atoms with Crippen molar-refractivity contribution < 1.29 is 38.2 Å². The SMILES string of the molecule is COC(=O)C1=C(C)NC(C)=C(C(=O)OCCc2ccc(OCCC3COC(C)(C)O3)cc2)C1c1cccc([N+](=O)[O-])c1. The van der Waals surface area contributed by atoms with E-state index in [2.05, 4.69) is 5.32 Å². The van der Waals surface area contributed by atoms with Crippen molar-refractivity contribution in [3.8, 4) is 5.75 Å². The maximum atomic E-state index is 13.4. The molecule has 42 heavy (non-hydrogen) atoms. The molecule has 2 unspecified atom stereocenters. The van der Waals surface area contributed by atoms with Gasteiger partial charge in [-0.3, -0.25) is 10.1 Å². The molecule has 0 bridgehead atoms. The van der Waals surface area contributed by atoms with Gasteiger partial charge in [-0.2, -0.15) is 0 Å². The molecule has 0 aromatic heterocycles. The molecule has 1 N–H and O–H groups in total. The lowest BCUT2D eigenvalue weighted by Gasteiger charge is -2.30. The molecule has 1 fully saturated rings. The Bertz CT molecular complexity index is 1400. The number of allylic oxidation sites excluding steroid dienone is 2. The number of non-ortho nitro benzene ring substituents is 1. The van der Waals surface area contributed by atoms with Gasteiger partial charge in [-0.05, 0) is 51.0 Å². The first-order valence-corrected chi connectivity index (χ1v) is 13.7. The van der Waals surface area contributed by atoms with Crippen molar-refractivity contribution in [3.05, 3.63) is 92.3 Å². The van der Waals surface area contributed by atoms with Gasteiger partial charge in [0.2, 0.25) is 0 Å². The van der Waals surface area contributed by atoms with E-state index in [0.29, 0.717) is 36.6 Å². The van der Waals surface area contributed by atoms with Gasteiger partial charge >= 0.3 is 11.9 Å². The van der Waals surface area contributed by atoms with E-state index in [1.165, 1.54) is 25.3 Å². The summed E-state index contributed by atoms with van der Waals surface area (Å²) in [4.78, 5) is 37.1. The maximum absolute atomic E-state index is 13.4. The summed E-state index contributed by atoms with van der Waals surface area (Å²) in [6, 6.07) is 13.4. The van der Waals surface area contributed by atoms with E-state index in [0.717, 1.165) is 17.7 Å². The molecular weight excluding hydrogens is 544 g/mol. The highest BCUT2D eigenvalue weighted by atomic mass is 16.7. The largest absolute Gasteiger partial charge is 0.493 e. The molecule has 2 aliphatic rings. The highest BCUT2D eigenvalue weighted by Gasteiger charge is 2.38. The van der Waals surface area contributed by atoms with E-state index < -0.39 is 28.6 Å². The summed E-state index contributed by atoms with van der Waals surface area (Å²) in [7, 11) is 1.24. The predicted octanol–water partition coefficient (Wildman–Crippen LogP) is 4.71. The van der Waals surface area contributed by atoms with Crippen LogP contribution in [0.2, 0.25) is 0 Å². The molecule has 4 rings (SSSR count). The average molecular weight is 581 g/mol. The van der Waals surface area contributed by atoms with Gasteiger partial charge in [-0.15, -0.1) is 0 Å². The zero-order chi connectivity index (χ0) is 30.4. The van der Waals surface area contributed by atoms with Gasteiger partial charge in [0.05, 0.1) is 55.0 Å². The average Bonchev–Trinajstić information content (AvgIpc) is 3.31. The minimum atomic E-state index is -0.908. The zero-order valence-electron chi connectivity index (χ0n) is 24.4. The van der Waals surface area contributed by atoms with Gasteiger partial charge in [0.15, 0.2) is 5.79 Å². The molecule has 0 spiro atoms. The van der Waals surface area contributed by atoms with Gasteiger partial charge in [0.1, 0.15) is 5.75 Å². The number of esters is 2. The van der Waals surface area contributed by atoms with Crippen molar-refractivity contribution >= 4 is 17.6 Å². The van der Waals surface area contributed by atoms with Crippen LogP contribution in [0.1, 0.15) is 51.2 Å². The molecule has 0 saturated carbocycles. The summed E-state index contributed by atoms with van der Waals surface area (Å²) in [5.74, 6) is -2.02. The van der Waals surface area contributed by atoms with Gasteiger partial charge < -0.3 is 29.0 Å². The van der Waals surface area contributed by atoms with Gasteiger partial charge in [0, 0.05) is 36.4 Å². The van der Waals surface area contributed by atoms with E-state index in [1.54, 1.807) is 19.9 Å². The molecular formula is C31H36N2O9. The lowest BCUT2D eigenvalue weighted by atomic mass is 9.80. The van der Waals surface area contributed by atoms with Gasteiger partial charge in [-0.1, -0.05) is 24.3 Å². The van der Waals surface area contributed by atoms with Crippen molar-refractivity contribution in [1.82, 2.24) is 5.32 Å². The second-order valence-electron chi connectivity index (χ2n) is 10.6. The molecule has 11 nitrogen and oxygen atoms in total. The Kier molecular flexibility index (Phi) is 9.64. The smallest absolute Gasteiger partial charge is 0.336 e. The molecule has 2 aromatic rings. The number of benzene rings is 2. The molecule has 2 heterocycles. The van der Waals surface area contributed by atoms with E-state index in [9.17, 15) is 19.7 Å². The first kappa shape index (κ1) is 30.7. The third kappa shape index (κ3) is 7.34. The number of nitrogens with zero attached hydrogens (tertiary/aromatic N) is 1. The number of dihydropyridines is 1. The highest BCUT2D eigenvalue weighted by Crippen LogP contribution is 2.40. The second-order valence-corrected chi connectivity index (χ2v) is 10.6. The highest BCUT2D eigenvalue weighted by molar-refractivity contribution is 5.99. The Morgan fingerprint density at radius 2 is 1.74 bits per heavy atom. The van der Waals surface area contributed by atoms with E-state index >= 15 is 0 Å². The number of carbonyl (C=O) groups excluding carboxylic acids is 2. The number of nitro benzene ring substituents is 1. The molecule has 2 aromatic carbocycles. The molecule has 11 heteroatoms. The number of ether oxygens (including phenoxy) is 5. The molecule has 0 amide bonds. The third-order valence-corrected chi connectivity index (χ3v) is 7.12. The molecule has 0 aliphatic carbocycles. The summed E-state index contributed by atoms with van der Waals surface area (Å²) in [5.41, 5.74) is 2.54. The van der Waals surface area contributed by atoms with Crippen LogP contribution in [0.25, 0.3) is 0 Å². The fourth-order valence-electron chi connectivity index (χ4n) is 5.10.